The molecule has 0 rings (SSSR count). The van der Waals surface area contributed by atoms with Gasteiger partial charge in [0.2, 0.25) is 0 Å². The van der Waals surface area contributed by atoms with Crippen LogP contribution in [0, 0.1) is 0 Å². The van der Waals surface area contributed by atoms with E-state index in [0.717, 1.165) is 5.04 Å². The standard InChI is InChI=1S/C11H25Si.Li/c1-5-6-7-8-9-10-11(2,3)12-4;/h4-10,12H2,1-3H3;. The molecule has 0 saturated heterocycles. The Balaban J connectivity index is 3.29. The topological polar surface area (TPSA) is 0 Å². The van der Waals surface area contributed by atoms with Crippen molar-refractivity contribution in [3.05, 3.63) is 0 Å². The molecule has 0 fully saturated rings. The van der Waals surface area contributed by atoms with E-state index in [9.17, 15) is 0 Å². The fourth-order valence-corrected chi connectivity index (χ4v) is 3.86. The van der Waals surface area contributed by atoms with Gasteiger partial charge in [-0.15, -0.1) is 0 Å². The predicted molar refractivity (Wildman–Crippen MR) is 66.5 cm³/mol. The van der Waals surface area contributed by atoms with E-state index in [1.807, 2.05) is 0 Å². The number of hydrogen-bond acceptors (Lipinski definition) is 0. The molecule has 0 saturated carbocycles. The van der Waals surface area contributed by atoms with Crippen LogP contribution in [0.15, 0.2) is 0 Å². The van der Waals surface area contributed by atoms with E-state index in [1.165, 1.54) is 43.2 Å². The summed E-state index contributed by atoms with van der Waals surface area (Å²) < 4.78 is 1.47. The maximum atomic E-state index is 2.47. The van der Waals surface area contributed by atoms with Crippen molar-refractivity contribution in [2.75, 3.05) is 0 Å². The van der Waals surface area contributed by atoms with Gasteiger partial charge in [-0.2, -0.15) is 0 Å². The van der Waals surface area contributed by atoms with E-state index in [0.29, 0.717) is 0 Å². The van der Waals surface area contributed by atoms with E-state index in [1.54, 1.807) is 0 Å². The van der Waals surface area contributed by atoms with Crippen LogP contribution in [0.25, 0.3) is 0 Å². The third kappa shape index (κ3) is 9.13. The van der Waals surface area contributed by atoms with Crippen molar-refractivity contribution in [3.8, 4) is 0 Å². The maximum absolute atomic E-state index is 2.47. The molecule has 0 spiro atoms. The van der Waals surface area contributed by atoms with E-state index in [2.05, 4.69) is 38.5 Å². The minimum absolute atomic E-state index is 0.210. The van der Waals surface area contributed by atoms with Gasteiger partial charge in [0.05, 0.1) is 0 Å². The molecule has 0 aliphatic heterocycles. The molecule has 0 heterocycles. The molecule has 2 heteroatoms. The first-order valence-corrected chi connectivity index (χ1v) is 7.83. The Bertz CT molecular complexity index is 113. The van der Waals surface area contributed by atoms with Gasteiger partial charge in [0, 0.05) is 0 Å². The Labute approximate surface area is 96.3 Å². The second-order valence-corrected chi connectivity index (χ2v) is 8.49. The molecule has 74 valence electrons. The summed E-state index contributed by atoms with van der Waals surface area (Å²) in [5, 5.41) is 0.737. The first-order chi connectivity index (χ1) is 6.12. The van der Waals surface area contributed by atoms with Crippen molar-refractivity contribution in [2.24, 2.45) is 0 Å². The molecule has 0 aromatic carbocycles. The summed E-state index contributed by atoms with van der Waals surface area (Å²) in [4.78, 5) is 0. The molecular weight excluding hydrogens is 167 g/mol. The summed E-state index contributed by atoms with van der Waals surface area (Å²) in [5.74, 6) is 0. The van der Waals surface area contributed by atoms with E-state index in [-0.39, 0.29) is 9.52 Å². The Morgan fingerprint density at radius 1 is 1.08 bits per heavy atom. The predicted octanol–water partition coefficient (Wildman–Crippen LogP) is 3.26. The molecule has 0 aromatic rings. The summed E-state index contributed by atoms with van der Waals surface area (Å²) in [7, 11) is 0.210. The van der Waals surface area contributed by atoms with Crippen molar-refractivity contribution in [2.45, 2.75) is 69.1 Å². The third-order valence-electron chi connectivity index (χ3n) is 2.88. The van der Waals surface area contributed by atoms with Gasteiger partial charge in [-0.3, -0.25) is 0 Å². The van der Waals surface area contributed by atoms with Gasteiger partial charge >= 0.3 is 96.3 Å². The quantitative estimate of drug-likeness (QED) is 0.409. The van der Waals surface area contributed by atoms with Crippen molar-refractivity contribution in [1.29, 1.82) is 0 Å². The van der Waals surface area contributed by atoms with Gasteiger partial charge in [-0.25, -0.2) is 0 Å². The summed E-state index contributed by atoms with van der Waals surface area (Å²) in [6.07, 6.45) is 8.69. The van der Waals surface area contributed by atoms with Crippen LogP contribution >= 0.6 is 0 Å². The zero-order chi connectivity index (χ0) is 10.2. The fourth-order valence-electron chi connectivity index (χ4n) is 2.01. The number of rotatable bonds is 8. The van der Waals surface area contributed by atoms with Crippen molar-refractivity contribution >= 4 is 27.2 Å². The van der Waals surface area contributed by atoms with Crippen LogP contribution in [0.3, 0.4) is 0 Å². The molecule has 0 aliphatic rings. The third-order valence-corrected chi connectivity index (χ3v) is 5.09. The SMILES string of the molecule is [Li][CH2][SiH2]C(C)(C)CCCCCCC. The zero-order valence-corrected chi connectivity index (χ0v) is 11.6. The molecule has 0 amide bonds. The van der Waals surface area contributed by atoms with Crippen LogP contribution in [0.4, 0.5) is 0 Å². The average molecular weight is 192 g/mol. The summed E-state index contributed by atoms with van der Waals surface area (Å²) in [6.45, 7) is 7.24. The molecule has 0 unspecified atom stereocenters. The Hall–Kier alpha value is 0.814. The van der Waals surface area contributed by atoms with Crippen LogP contribution < -0.4 is 0 Å². The minimum atomic E-state index is 0.210. The van der Waals surface area contributed by atoms with Crippen LogP contribution in [0.5, 0.6) is 0 Å². The van der Waals surface area contributed by atoms with Crippen LogP contribution in [-0.4, -0.2) is 27.2 Å². The monoisotopic (exact) mass is 192 g/mol. The Morgan fingerprint density at radius 2 is 1.69 bits per heavy atom. The molecule has 0 aliphatic carbocycles. The van der Waals surface area contributed by atoms with Gasteiger partial charge in [-0.05, 0) is 0 Å². The first-order valence-electron chi connectivity index (χ1n) is 6.12. The van der Waals surface area contributed by atoms with Crippen molar-refractivity contribution < 1.29 is 0 Å². The van der Waals surface area contributed by atoms with Crippen LogP contribution in [-0.2, 0) is 0 Å². The number of hydrogen-bond donors (Lipinski definition) is 0. The van der Waals surface area contributed by atoms with Gasteiger partial charge < -0.3 is 0 Å². The summed E-state index contributed by atoms with van der Waals surface area (Å²) in [6, 6.07) is 0. The Morgan fingerprint density at radius 3 is 2.23 bits per heavy atom. The fraction of sp³-hybridized carbons (Fsp3) is 1.00. The molecular formula is C11H25LiSi. The first kappa shape index (κ1) is 13.8. The summed E-state index contributed by atoms with van der Waals surface area (Å²) in [5.41, 5.74) is 0. The van der Waals surface area contributed by atoms with Crippen molar-refractivity contribution in [1.82, 2.24) is 0 Å². The molecule has 0 atom stereocenters. The Kier molecular flexibility index (Phi) is 8.66. The molecule has 0 bridgehead atoms. The van der Waals surface area contributed by atoms with Crippen LogP contribution in [0.1, 0.15) is 59.3 Å². The second kappa shape index (κ2) is 8.15. The molecule has 0 N–H and O–H groups in total. The molecule has 0 nitrogen and oxygen atoms in total. The van der Waals surface area contributed by atoms with Gasteiger partial charge in [0.1, 0.15) is 0 Å². The molecule has 13 heavy (non-hydrogen) atoms. The normalized spacial score (nSPS) is 13.0. The average Bonchev–Trinajstić information content (AvgIpc) is 2.04. The van der Waals surface area contributed by atoms with E-state index < -0.39 is 0 Å². The van der Waals surface area contributed by atoms with Crippen molar-refractivity contribution in [3.63, 3.8) is 0 Å². The van der Waals surface area contributed by atoms with E-state index in [4.69, 9.17) is 0 Å². The van der Waals surface area contributed by atoms with Crippen LogP contribution in [0.2, 0.25) is 9.76 Å². The number of unbranched alkanes of at least 4 members (excludes halogenated alkanes) is 4. The van der Waals surface area contributed by atoms with Gasteiger partial charge in [0.25, 0.3) is 0 Å². The second-order valence-electron chi connectivity index (χ2n) is 5.08. The van der Waals surface area contributed by atoms with Gasteiger partial charge in [0.15, 0.2) is 0 Å². The zero-order valence-electron chi connectivity index (χ0n) is 10.2. The van der Waals surface area contributed by atoms with E-state index >= 15 is 0 Å². The summed E-state index contributed by atoms with van der Waals surface area (Å²) >= 11 is 2.35. The molecule has 0 radical (unpaired) electrons. The molecule has 0 aromatic heterocycles. The van der Waals surface area contributed by atoms with Gasteiger partial charge in [-0.1, -0.05) is 0 Å².